The van der Waals surface area contributed by atoms with E-state index in [0.29, 0.717) is 0 Å². The second-order valence-corrected chi connectivity index (χ2v) is 5.86. The Morgan fingerprint density at radius 3 is 2.28 bits per heavy atom. The first kappa shape index (κ1) is 15.5. The molecular weight excluding hydrogens is 216 g/mol. The Morgan fingerprint density at radius 2 is 1.61 bits per heavy atom. The number of rotatable bonds is 9. The average molecular weight is 248 g/mol. The molecule has 1 atom stereocenters. The second-order valence-electron chi connectivity index (χ2n) is 5.86. The van der Waals surface area contributed by atoms with Crippen LogP contribution in [0.2, 0.25) is 0 Å². The lowest BCUT2D eigenvalue weighted by Gasteiger charge is -2.22. The van der Waals surface area contributed by atoms with Crippen LogP contribution in [0.25, 0.3) is 0 Å². The molecule has 0 nitrogen and oxygen atoms in total. The van der Waals surface area contributed by atoms with Crippen LogP contribution in [0, 0.1) is 5.92 Å². The van der Waals surface area contributed by atoms with Crippen molar-refractivity contribution in [1.82, 2.24) is 0 Å². The SMILES string of the molecule is CCCCC1=CC(CCCC)CC(CCCC)=C1. The van der Waals surface area contributed by atoms with Crippen LogP contribution in [0.15, 0.2) is 23.3 Å². The smallest absolute Gasteiger partial charge is 0.0190 e. The van der Waals surface area contributed by atoms with Crippen molar-refractivity contribution in [3.05, 3.63) is 23.3 Å². The Hall–Kier alpha value is -0.520. The van der Waals surface area contributed by atoms with Gasteiger partial charge in [0.25, 0.3) is 0 Å². The topological polar surface area (TPSA) is 0 Å². The van der Waals surface area contributed by atoms with Crippen LogP contribution < -0.4 is 0 Å². The molecule has 1 rings (SSSR count). The van der Waals surface area contributed by atoms with E-state index in [0.717, 1.165) is 5.92 Å². The molecule has 0 radical (unpaired) electrons. The molecule has 0 aromatic rings. The minimum Gasteiger partial charge on any atom is -0.0779 e. The van der Waals surface area contributed by atoms with Gasteiger partial charge in [0, 0.05) is 0 Å². The molecule has 0 aliphatic heterocycles. The second kappa shape index (κ2) is 9.42. The van der Waals surface area contributed by atoms with Gasteiger partial charge in [0.15, 0.2) is 0 Å². The van der Waals surface area contributed by atoms with Crippen LogP contribution in [0.3, 0.4) is 0 Å². The van der Waals surface area contributed by atoms with Crippen molar-refractivity contribution in [3.8, 4) is 0 Å². The van der Waals surface area contributed by atoms with Gasteiger partial charge in [0.05, 0.1) is 0 Å². The number of allylic oxidation sites excluding steroid dienone is 4. The third-order valence-corrected chi connectivity index (χ3v) is 3.96. The van der Waals surface area contributed by atoms with Gasteiger partial charge in [-0.25, -0.2) is 0 Å². The zero-order chi connectivity index (χ0) is 13.2. The van der Waals surface area contributed by atoms with Gasteiger partial charge in [-0.05, 0) is 44.4 Å². The monoisotopic (exact) mass is 248 g/mol. The third kappa shape index (κ3) is 5.89. The number of unbranched alkanes of at least 4 members (excludes halogenated alkanes) is 3. The van der Waals surface area contributed by atoms with Crippen molar-refractivity contribution in [2.45, 2.75) is 85.0 Å². The molecule has 0 N–H and O–H groups in total. The first-order chi connectivity index (χ1) is 8.80. The van der Waals surface area contributed by atoms with Gasteiger partial charge >= 0.3 is 0 Å². The van der Waals surface area contributed by atoms with Crippen LogP contribution in [0.4, 0.5) is 0 Å². The van der Waals surface area contributed by atoms with Crippen molar-refractivity contribution < 1.29 is 0 Å². The normalized spacial score (nSPS) is 19.6. The molecule has 0 heteroatoms. The molecule has 0 saturated carbocycles. The first-order valence-corrected chi connectivity index (χ1v) is 8.20. The number of hydrogen-bond acceptors (Lipinski definition) is 0. The lowest BCUT2D eigenvalue weighted by molar-refractivity contribution is 0.528. The average Bonchev–Trinajstić information content (AvgIpc) is 2.40. The van der Waals surface area contributed by atoms with E-state index in [1.807, 2.05) is 0 Å². The predicted molar refractivity (Wildman–Crippen MR) is 82.8 cm³/mol. The van der Waals surface area contributed by atoms with E-state index in [1.54, 1.807) is 11.1 Å². The molecule has 0 fully saturated rings. The molecule has 0 aromatic carbocycles. The van der Waals surface area contributed by atoms with Gasteiger partial charge in [-0.1, -0.05) is 69.8 Å². The highest BCUT2D eigenvalue weighted by atomic mass is 14.2. The fourth-order valence-electron chi connectivity index (χ4n) is 2.83. The summed E-state index contributed by atoms with van der Waals surface area (Å²) in [6, 6.07) is 0. The molecule has 0 heterocycles. The zero-order valence-corrected chi connectivity index (χ0v) is 12.8. The van der Waals surface area contributed by atoms with Crippen molar-refractivity contribution in [2.75, 3.05) is 0 Å². The summed E-state index contributed by atoms with van der Waals surface area (Å²) in [7, 11) is 0. The van der Waals surface area contributed by atoms with Crippen LogP contribution in [0.1, 0.15) is 85.0 Å². The highest BCUT2D eigenvalue weighted by Gasteiger charge is 2.14. The molecule has 0 spiro atoms. The number of hydrogen-bond donors (Lipinski definition) is 0. The highest BCUT2D eigenvalue weighted by Crippen LogP contribution is 2.31. The van der Waals surface area contributed by atoms with Gasteiger partial charge in [0.1, 0.15) is 0 Å². The Balaban J connectivity index is 2.56. The summed E-state index contributed by atoms with van der Waals surface area (Å²) in [5, 5.41) is 0. The molecule has 0 aromatic heterocycles. The fraction of sp³-hybridized carbons (Fsp3) is 0.778. The molecule has 0 amide bonds. The van der Waals surface area contributed by atoms with E-state index in [1.165, 1.54) is 64.2 Å². The van der Waals surface area contributed by atoms with E-state index in [9.17, 15) is 0 Å². The quantitative estimate of drug-likeness (QED) is 0.441. The molecule has 1 aliphatic rings. The fourth-order valence-corrected chi connectivity index (χ4v) is 2.83. The van der Waals surface area contributed by atoms with Gasteiger partial charge in [-0.15, -0.1) is 0 Å². The summed E-state index contributed by atoms with van der Waals surface area (Å²) >= 11 is 0. The molecular formula is C18H32. The molecule has 0 saturated heterocycles. The van der Waals surface area contributed by atoms with Crippen molar-refractivity contribution in [1.29, 1.82) is 0 Å². The van der Waals surface area contributed by atoms with Crippen molar-refractivity contribution >= 4 is 0 Å². The Morgan fingerprint density at radius 1 is 0.944 bits per heavy atom. The molecule has 18 heavy (non-hydrogen) atoms. The molecule has 0 bridgehead atoms. The summed E-state index contributed by atoms with van der Waals surface area (Å²) in [4.78, 5) is 0. The third-order valence-electron chi connectivity index (χ3n) is 3.96. The van der Waals surface area contributed by atoms with Gasteiger partial charge in [-0.3, -0.25) is 0 Å². The van der Waals surface area contributed by atoms with E-state index in [4.69, 9.17) is 0 Å². The minimum atomic E-state index is 0.841. The maximum atomic E-state index is 2.58. The molecule has 1 aliphatic carbocycles. The summed E-state index contributed by atoms with van der Waals surface area (Å²) in [6.07, 6.45) is 18.6. The summed E-state index contributed by atoms with van der Waals surface area (Å²) in [5.41, 5.74) is 3.36. The van der Waals surface area contributed by atoms with Gasteiger partial charge in [0.2, 0.25) is 0 Å². The van der Waals surface area contributed by atoms with Crippen LogP contribution >= 0.6 is 0 Å². The maximum Gasteiger partial charge on any atom is -0.0190 e. The summed E-state index contributed by atoms with van der Waals surface area (Å²) in [5.74, 6) is 0.841. The molecule has 104 valence electrons. The minimum absolute atomic E-state index is 0.841. The van der Waals surface area contributed by atoms with Crippen molar-refractivity contribution in [2.24, 2.45) is 5.92 Å². The molecule has 1 unspecified atom stereocenters. The Kier molecular flexibility index (Phi) is 8.13. The zero-order valence-electron chi connectivity index (χ0n) is 12.8. The van der Waals surface area contributed by atoms with Gasteiger partial charge in [-0.2, -0.15) is 0 Å². The summed E-state index contributed by atoms with van der Waals surface area (Å²) < 4.78 is 0. The van der Waals surface area contributed by atoms with Crippen LogP contribution in [-0.2, 0) is 0 Å². The van der Waals surface area contributed by atoms with E-state index in [-0.39, 0.29) is 0 Å². The van der Waals surface area contributed by atoms with E-state index >= 15 is 0 Å². The predicted octanol–water partition coefficient (Wildman–Crippen LogP) is 6.43. The van der Waals surface area contributed by atoms with Crippen LogP contribution in [-0.4, -0.2) is 0 Å². The maximum absolute atomic E-state index is 2.58. The summed E-state index contributed by atoms with van der Waals surface area (Å²) in [6.45, 7) is 6.89. The van der Waals surface area contributed by atoms with Crippen LogP contribution in [0.5, 0.6) is 0 Å². The standard InChI is InChI=1S/C18H32/c1-4-7-10-16-13-17(11-8-5-2)15-18(14-16)12-9-6-3/h13-14,17H,4-12,15H2,1-3H3. The Bertz CT molecular complexity index is 270. The largest absolute Gasteiger partial charge is 0.0779 e. The van der Waals surface area contributed by atoms with Gasteiger partial charge < -0.3 is 0 Å². The highest BCUT2D eigenvalue weighted by molar-refractivity contribution is 5.29. The first-order valence-electron chi connectivity index (χ1n) is 8.20. The van der Waals surface area contributed by atoms with E-state index in [2.05, 4.69) is 32.9 Å². The Labute approximate surface area is 115 Å². The van der Waals surface area contributed by atoms with Crippen molar-refractivity contribution in [3.63, 3.8) is 0 Å². The lowest BCUT2D eigenvalue weighted by atomic mass is 9.84. The lowest BCUT2D eigenvalue weighted by Crippen LogP contribution is -2.06. The van der Waals surface area contributed by atoms with E-state index < -0.39 is 0 Å².